The van der Waals surface area contributed by atoms with Gasteiger partial charge < -0.3 is 5.32 Å². The highest BCUT2D eigenvalue weighted by Gasteiger charge is 2.39. The molecule has 1 heterocycles. The van der Waals surface area contributed by atoms with Gasteiger partial charge in [0, 0.05) is 10.8 Å². The van der Waals surface area contributed by atoms with Crippen molar-refractivity contribution in [3.8, 4) is 0 Å². The van der Waals surface area contributed by atoms with E-state index in [0.717, 1.165) is 30.8 Å². The quantitative estimate of drug-likeness (QED) is 0.930. The Labute approximate surface area is 134 Å². The summed E-state index contributed by atoms with van der Waals surface area (Å²) in [6.07, 6.45) is 4.23. The lowest BCUT2D eigenvalue weighted by Gasteiger charge is -2.21. The van der Waals surface area contributed by atoms with Gasteiger partial charge in [-0.1, -0.05) is 37.3 Å². The van der Waals surface area contributed by atoms with Gasteiger partial charge >= 0.3 is 0 Å². The van der Waals surface area contributed by atoms with E-state index in [1.807, 2.05) is 0 Å². The number of fused-ring (bicyclic) bond motifs is 1. The average molecular weight is 312 g/mol. The molecule has 114 valence electrons. The summed E-state index contributed by atoms with van der Waals surface area (Å²) in [4.78, 5) is 18.0. The number of nitrogens with zero attached hydrogens (tertiary/aromatic N) is 1. The van der Waals surface area contributed by atoms with E-state index in [0.29, 0.717) is 11.8 Å². The van der Waals surface area contributed by atoms with E-state index in [2.05, 4.69) is 47.6 Å². The fourth-order valence-electron chi connectivity index (χ4n) is 3.32. The molecule has 1 aromatic heterocycles. The van der Waals surface area contributed by atoms with E-state index >= 15 is 0 Å². The zero-order chi connectivity index (χ0) is 15.1. The van der Waals surface area contributed by atoms with Crippen molar-refractivity contribution in [2.24, 2.45) is 11.8 Å². The molecule has 0 aliphatic heterocycles. The normalized spacial score (nSPS) is 26.3. The maximum atomic E-state index is 12.0. The predicted molar refractivity (Wildman–Crippen MR) is 89.2 cm³/mol. The number of benzene rings is 1. The van der Waals surface area contributed by atoms with Gasteiger partial charge in [-0.05, 0) is 43.1 Å². The lowest BCUT2D eigenvalue weighted by molar-refractivity contribution is -0.117. The van der Waals surface area contributed by atoms with Crippen molar-refractivity contribution in [1.29, 1.82) is 0 Å². The van der Waals surface area contributed by atoms with Crippen LogP contribution >= 0.6 is 11.3 Å². The van der Waals surface area contributed by atoms with Crippen LogP contribution in [0.3, 0.4) is 0 Å². The summed E-state index contributed by atoms with van der Waals surface area (Å²) in [5.74, 6) is 1.48. The van der Waals surface area contributed by atoms with Crippen LogP contribution in [0.1, 0.15) is 41.8 Å². The Balaban J connectivity index is 1.47. The largest absolute Gasteiger partial charge is 0.302 e. The molecular formula is C18H20N2OS. The number of rotatable bonds is 3. The molecule has 3 atom stereocenters. The van der Waals surface area contributed by atoms with E-state index in [1.165, 1.54) is 16.1 Å². The number of thiazole rings is 1. The summed E-state index contributed by atoms with van der Waals surface area (Å²) >= 11 is 1.67. The Hall–Kier alpha value is -1.68. The second kappa shape index (κ2) is 5.51. The molecule has 1 amide bonds. The highest BCUT2D eigenvalue weighted by molar-refractivity contribution is 7.15. The van der Waals surface area contributed by atoms with E-state index in [4.69, 9.17) is 0 Å². The van der Waals surface area contributed by atoms with Gasteiger partial charge in [0.2, 0.25) is 5.91 Å². The van der Waals surface area contributed by atoms with Crippen molar-refractivity contribution in [2.45, 2.75) is 38.5 Å². The highest BCUT2D eigenvalue weighted by Crippen LogP contribution is 2.40. The van der Waals surface area contributed by atoms with Crippen LogP contribution in [0.4, 0.5) is 5.13 Å². The van der Waals surface area contributed by atoms with Crippen molar-refractivity contribution in [2.75, 3.05) is 5.32 Å². The third kappa shape index (κ3) is 2.68. The van der Waals surface area contributed by atoms with Gasteiger partial charge in [0.15, 0.2) is 5.13 Å². The second-order valence-corrected chi connectivity index (χ2v) is 7.63. The molecule has 1 aromatic carbocycles. The first-order chi connectivity index (χ1) is 10.7. The van der Waals surface area contributed by atoms with Gasteiger partial charge in [-0.3, -0.25) is 4.79 Å². The Morgan fingerprint density at radius 1 is 1.32 bits per heavy atom. The number of carbonyl (C=O) groups excluding carboxylic acids is 1. The Bertz CT molecular complexity index is 694. The predicted octanol–water partition coefficient (Wildman–Crippen LogP) is 4.01. The molecule has 2 aliphatic carbocycles. The van der Waals surface area contributed by atoms with Crippen molar-refractivity contribution in [3.05, 3.63) is 46.5 Å². The minimum atomic E-state index is 0.151. The van der Waals surface area contributed by atoms with Crippen molar-refractivity contribution in [3.63, 3.8) is 0 Å². The maximum absolute atomic E-state index is 12.0. The van der Waals surface area contributed by atoms with E-state index in [1.54, 1.807) is 11.3 Å². The van der Waals surface area contributed by atoms with Crippen LogP contribution in [0.15, 0.2) is 30.3 Å². The molecule has 0 bridgehead atoms. The molecule has 2 aromatic rings. The van der Waals surface area contributed by atoms with E-state index in [9.17, 15) is 4.79 Å². The molecule has 1 N–H and O–H groups in total. The molecule has 0 unspecified atom stereocenters. The van der Waals surface area contributed by atoms with E-state index in [-0.39, 0.29) is 11.8 Å². The van der Waals surface area contributed by atoms with Gasteiger partial charge in [-0.15, -0.1) is 11.3 Å². The molecule has 22 heavy (non-hydrogen) atoms. The lowest BCUT2D eigenvalue weighted by Crippen LogP contribution is -2.14. The monoisotopic (exact) mass is 312 g/mol. The second-order valence-electron chi connectivity index (χ2n) is 6.55. The SMILES string of the molecule is C[C@@H]1C[C@H]1C(=O)Nc1nc2c(s1)C[C@H](c1ccccc1)CC2. The molecule has 1 saturated carbocycles. The Kier molecular flexibility index (Phi) is 3.49. The number of nitrogens with one attached hydrogen (secondary N) is 1. The van der Waals surface area contributed by atoms with Crippen LogP contribution in [0, 0.1) is 11.8 Å². The summed E-state index contributed by atoms with van der Waals surface area (Å²) < 4.78 is 0. The van der Waals surface area contributed by atoms with Crippen LogP contribution in [-0.4, -0.2) is 10.9 Å². The Morgan fingerprint density at radius 3 is 2.82 bits per heavy atom. The summed E-state index contributed by atoms with van der Waals surface area (Å²) in [5.41, 5.74) is 2.61. The molecule has 4 heteroatoms. The number of anilines is 1. The maximum Gasteiger partial charge on any atom is 0.229 e. The standard InChI is InChI=1S/C18H20N2OS/c1-11-9-14(11)17(21)20-18-19-15-8-7-13(10-16(15)22-18)12-5-3-2-4-6-12/h2-6,11,13-14H,7-10H2,1H3,(H,19,20,21)/t11-,13-,14-/m1/s1. The zero-order valence-electron chi connectivity index (χ0n) is 12.7. The van der Waals surface area contributed by atoms with Crippen LogP contribution in [0.2, 0.25) is 0 Å². The van der Waals surface area contributed by atoms with Crippen molar-refractivity contribution >= 4 is 22.4 Å². The van der Waals surface area contributed by atoms with Crippen molar-refractivity contribution < 1.29 is 4.79 Å². The molecule has 4 rings (SSSR count). The van der Waals surface area contributed by atoms with Crippen LogP contribution < -0.4 is 5.32 Å². The van der Waals surface area contributed by atoms with Gasteiger partial charge in [0.25, 0.3) is 0 Å². The summed E-state index contributed by atoms with van der Waals surface area (Å²) in [6.45, 7) is 2.13. The van der Waals surface area contributed by atoms with Crippen molar-refractivity contribution in [1.82, 2.24) is 4.98 Å². The average Bonchev–Trinajstić information content (AvgIpc) is 3.13. The first-order valence-corrected chi connectivity index (χ1v) is 8.86. The number of aryl methyl sites for hydroxylation is 1. The first-order valence-electron chi connectivity index (χ1n) is 8.05. The first kappa shape index (κ1) is 13.9. The van der Waals surface area contributed by atoms with Gasteiger partial charge in [-0.25, -0.2) is 4.98 Å². The van der Waals surface area contributed by atoms with Gasteiger partial charge in [0.1, 0.15) is 0 Å². The minimum absolute atomic E-state index is 0.151. The number of hydrogen-bond donors (Lipinski definition) is 1. The smallest absolute Gasteiger partial charge is 0.229 e. The van der Waals surface area contributed by atoms with Gasteiger partial charge in [0.05, 0.1) is 5.69 Å². The zero-order valence-corrected chi connectivity index (χ0v) is 13.5. The van der Waals surface area contributed by atoms with Crippen LogP contribution in [-0.2, 0) is 17.6 Å². The molecular weight excluding hydrogens is 292 g/mol. The number of hydrogen-bond acceptors (Lipinski definition) is 3. The van der Waals surface area contributed by atoms with Crippen LogP contribution in [0.25, 0.3) is 0 Å². The Morgan fingerprint density at radius 2 is 2.09 bits per heavy atom. The molecule has 0 saturated heterocycles. The number of amides is 1. The third-order valence-electron chi connectivity index (χ3n) is 4.89. The highest BCUT2D eigenvalue weighted by atomic mass is 32.1. The molecule has 3 nitrogen and oxygen atoms in total. The fourth-order valence-corrected chi connectivity index (χ4v) is 4.41. The summed E-state index contributed by atoms with van der Waals surface area (Å²) in [5, 5.41) is 3.81. The minimum Gasteiger partial charge on any atom is -0.302 e. The third-order valence-corrected chi connectivity index (χ3v) is 5.92. The molecule has 2 aliphatic rings. The summed E-state index contributed by atoms with van der Waals surface area (Å²) in [7, 11) is 0. The van der Waals surface area contributed by atoms with Crippen LogP contribution in [0.5, 0.6) is 0 Å². The van der Waals surface area contributed by atoms with E-state index < -0.39 is 0 Å². The molecule has 0 spiro atoms. The lowest BCUT2D eigenvalue weighted by atomic mass is 9.85. The fraction of sp³-hybridized carbons (Fsp3) is 0.444. The number of carbonyl (C=O) groups is 1. The molecule has 0 radical (unpaired) electrons. The topological polar surface area (TPSA) is 42.0 Å². The van der Waals surface area contributed by atoms with Gasteiger partial charge in [-0.2, -0.15) is 0 Å². The summed E-state index contributed by atoms with van der Waals surface area (Å²) in [6, 6.07) is 10.7. The number of aromatic nitrogens is 1. The molecule has 1 fully saturated rings.